The maximum absolute atomic E-state index is 13.0. The van der Waals surface area contributed by atoms with Crippen LogP contribution in [0.1, 0.15) is 11.5 Å². The van der Waals surface area contributed by atoms with Gasteiger partial charge in [-0.05, 0) is 29.8 Å². The summed E-state index contributed by atoms with van der Waals surface area (Å²) in [5.41, 5.74) is 5.47. The van der Waals surface area contributed by atoms with Gasteiger partial charge < -0.3 is 10.8 Å². The van der Waals surface area contributed by atoms with Gasteiger partial charge in [0.2, 0.25) is 0 Å². The first-order valence-corrected chi connectivity index (χ1v) is 8.40. The molecule has 4 nitrogen and oxygen atoms in total. The zero-order valence-electron chi connectivity index (χ0n) is 11.7. The van der Waals surface area contributed by atoms with Gasteiger partial charge in [-0.3, -0.25) is 0 Å². The van der Waals surface area contributed by atoms with Gasteiger partial charge in [-0.1, -0.05) is 30.3 Å². The lowest BCUT2D eigenvalue weighted by molar-refractivity contribution is 0.253. The molecule has 1 fully saturated rings. The lowest BCUT2D eigenvalue weighted by Crippen LogP contribution is -2.35. The molecular weight excluding hydrogens is 305 g/mol. The Morgan fingerprint density at radius 3 is 2.23 bits per heavy atom. The van der Waals surface area contributed by atoms with Crippen LogP contribution in [0.3, 0.4) is 0 Å². The van der Waals surface area contributed by atoms with Crippen molar-refractivity contribution in [1.82, 2.24) is 0 Å². The first kappa shape index (κ1) is 15.1. The van der Waals surface area contributed by atoms with Crippen molar-refractivity contribution >= 4 is 9.84 Å². The Kier molecular flexibility index (Phi) is 3.55. The van der Waals surface area contributed by atoms with Crippen molar-refractivity contribution in [3.05, 3.63) is 66.0 Å². The van der Waals surface area contributed by atoms with Crippen molar-refractivity contribution in [2.75, 3.05) is 6.61 Å². The number of benzene rings is 2. The van der Waals surface area contributed by atoms with Crippen LogP contribution >= 0.6 is 0 Å². The Balaban J connectivity index is 2.02. The number of sulfone groups is 1. The zero-order valence-corrected chi connectivity index (χ0v) is 12.5. The van der Waals surface area contributed by atoms with E-state index in [1.165, 1.54) is 36.4 Å². The van der Waals surface area contributed by atoms with Crippen molar-refractivity contribution < 1.29 is 17.9 Å². The molecule has 1 aliphatic carbocycles. The van der Waals surface area contributed by atoms with E-state index in [4.69, 9.17) is 5.73 Å². The summed E-state index contributed by atoms with van der Waals surface area (Å²) in [6.07, 6.45) is 0. The van der Waals surface area contributed by atoms with Gasteiger partial charge >= 0.3 is 0 Å². The van der Waals surface area contributed by atoms with Crippen LogP contribution in [0.15, 0.2) is 59.5 Å². The Hall–Kier alpha value is -1.76. The monoisotopic (exact) mass is 321 g/mol. The van der Waals surface area contributed by atoms with Gasteiger partial charge in [-0.2, -0.15) is 0 Å². The molecule has 0 radical (unpaired) electrons. The topological polar surface area (TPSA) is 80.4 Å². The smallest absolute Gasteiger partial charge is 0.183 e. The molecule has 1 saturated carbocycles. The third kappa shape index (κ3) is 2.24. The number of nitrogens with two attached hydrogens (primary N) is 1. The minimum Gasteiger partial charge on any atom is -0.394 e. The fourth-order valence-corrected chi connectivity index (χ4v) is 5.31. The lowest BCUT2D eigenvalue weighted by Gasteiger charge is -2.08. The largest absolute Gasteiger partial charge is 0.394 e. The fourth-order valence-electron chi connectivity index (χ4n) is 2.99. The van der Waals surface area contributed by atoms with Crippen LogP contribution in [0.4, 0.5) is 4.39 Å². The Labute approximate surface area is 128 Å². The van der Waals surface area contributed by atoms with Crippen LogP contribution in [-0.4, -0.2) is 30.9 Å². The summed E-state index contributed by atoms with van der Waals surface area (Å²) in [6.45, 7) is -0.453. The Morgan fingerprint density at radius 1 is 1.09 bits per heavy atom. The van der Waals surface area contributed by atoms with E-state index in [0.717, 1.165) is 0 Å². The molecule has 2 aromatic carbocycles. The number of hydrogen-bond donors (Lipinski definition) is 2. The van der Waals surface area contributed by atoms with E-state index in [2.05, 4.69) is 0 Å². The van der Waals surface area contributed by atoms with Gasteiger partial charge in [-0.15, -0.1) is 0 Å². The number of halogens is 1. The van der Waals surface area contributed by atoms with E-state index in [9.17, 15) is 17.9 Å². The number of rotatable bonds is 4. The standard InChI is InChI=1S/C16H16FNO3S/c17-12-8-6-11(7-9-12)14-15(16(14,18)10-19)22(20,21)13-4-2-1-3-5-13/h1-9,14-15,19H,10,18H2/t14-,15+,16-/m1/s1. The molecule has 0 aliphatic heterocycles. The van der Waals surface area contributed by atoms with Crippen LogP contribution in [-0.2, 0) is 9.84 Å². The summed E-state index contributed by atoms with van der Waals surface area (Å²) in [4.78, 5) is 0.174. The minimum absolute atomic E-state index is 0.174. The summed E-state index contributed by atoms with van der Waals surface area (Å²) in [7, 11) is -3.67. The highest BCUT2D eigenvalue weighted by Gasteiger charge is 2.69. The molecule has 0 heterocycles. The molecule has 0 spiro atoms. The van der Waals surface area contributed by atoms with Crippen LogP contribution < -0.4 is 5.73 Å². The van der Waals surface area contributed by atoms with Crippen LogP contribution in [0.2, 0.25) is 0 Å². The maximum Gasteiger partial charge on any atom is 0.183 e. The molecule has 0 amide bonds. The van der Waals surface area contributed by atoms with Gasteiger partial charge in [0.25, 0.3) is 0 Å². The second-order valence-electron chi connectivity index (χ2n) is 5.58. The van der Waals surface area contributed by atoms with E-state index in [-0.39, 0.29) is 4.90 Å². The van der Waals surface area contributed by atoms with Crippen LogP contribution in [0, 0.1) is 5.82 Å². The van der Waals surface area contributed by atoms with Gasteiger partial charge in [0.15, 0.2) is 9.84 Å². The highest BCUT2D eigenvalue weighted by Crippen LogP contribution is 2.55. The summed E-state index contributed by atoms with van der Waals surface area (Å²) in [5, 5.41) is 8.65. The summed E-state index contributed by atoms with van der Waals surface area (Å²) < 4.78 is 38.6. The summed E-state index contributed by atoms with van der Waals surface area (Å²) in [5.74, 6) is -0.957. The maximum atomic E-state index is 13.0. The van der Waals surface area contributed by atoms with Crippen molar-refractivity contribution in [3.8, 4) is 0 Å². The predicted molar refractivity (Wildman–Crippen MR) is 80.6 cm³/mol. The van der Waals surface area contributed by atoms with Crippen molar-refractivity contribution in [2.24, 2.45) is 5.73 Å². The molecule has 0 bridgehead atoms. The first-order chi connectivity index (χ1) is 10.4. The van der Waals surface area contributed by atoms with E-state index in [1.54, 1.807) is 18.2 Å². The third-order valence-corrected chi connectivity index (χ3v) is 6.52. The average Bonchev–Trinajstić information content (AvgIpc) is 3.17. The molecule has 2 aromatic rings. The molecular formula is C16H16FNO3S. The molecule has 3 rings (SSSR count). The quantitative estimate of drug-likeness (QED) is 0.893. The Morgan fingerprint density at radius 2 is 1.68 bits per heavy atom. The highest BCUT2D eigenvalue weighted by atomic mass is 32.2. The minimum atomic E-state index is -3.67. The molecule has 116 valence electrons. The lowest BCUT2D eigenvalue weighted by atomic mass is 10.1. The van der Waals surface area contributed by atoms with Crippen molar-refractivity contribution in [2.45, 2.75) is 21.6 Å². The van der Waals surface area contributed by atoms with E-state index >= 15 is 0 Å². The van der Waals surface area contributed by atoms with Gasteiger partial charge in [0.05, 0.1) is 22.3 Å². The highest BCUT2D eigenvalue weighted by molar-refractivity contribution is 7.92. The predicted octanol–water partition coefficient (Wildman–Crippen LogP) is 1.46. The Bertz CT molecular complexity index is 777. The van der Waals surface area contributed by atoms with Crippen molar-refractivity contribution in [1.29, 1.82) is 0 Å². The normalized spacial score (nSPS) is 27.6. The average molecular weight is 321 g/mol. The van der Waals surface area contributed by atoms with Gasteiger partial charge in [0, 0.05) is 5.92 Å². The molecule has 0 aromatic heterocycles. The van der Waals surface area contributed by atoms with Crippen LogP contribution in [0.5, 0.6) is 0 Å². The number of hydrogen-bond acceptors (Lipinski definition) is 4. The number of aliphatic hydroxyl groups excluding tert-OH is 1. The molecule has 0 saturated heterocycles. The second-order valence-corrected chi connectivity index (χ2v) is 7.65. The fraction of sp³-hybridized carbons (Fsp3) is 0.250. The van der Waals surface area contributed by atoms with Gasteiger partial charge in [0.1, 0.15) is 5.82 Å². The molecule has 22 heavy (non-hydrogen) atoms. The molecule has 1 aliphatic rings. The zero-order chi connectivity index (χ0) is 16.0. The molecule has 0 unspecified atom stereocenters. The van der Waals surface area contributed by atoms with Crippen molar-refractivity contribution in [3.63, 3.8) is 0 Å². The second kappa shape index (κ2) is 5.15. The van der Waals surface area contributed by atoms with E-state index < -0.39 is 39.0 Å². The van der Waals surface area contributed by atoms with E-state index in [1.807, 2.05) is 0 Å². The van der Waals surface area contributed by atoms with E-state index in [0.29, 0.717) is 5.56 Å². The van der Waals surface area contributed by atoms with Crippen LogP contribution in [0.25, 0.3) is 0 Å². The first-order valence-electron chi connectivity index (χ1n) is 6.85. The summed E-state index contributed by atoms with van der Waals surface area (Å²) >= 11 is 0. The number of aliphatic hydroxyl groups is 1. The third-order valence-electron chi connectivity index (χ3n) is 4.21. The SMILES string of the molecule is N[C@]1(CO)[C@H](c2ccc(F)cc2)[C@@H]1S(=O)(=O)c1ccccc1. The molecule has 6 heteroatoms. The van der Waals surface area contributed by atoms with Gasteiger partial charge in [-0.25, -0.2) is 12.8 Å². The molecule has 3 atom stereocenters. The molecule has 3 N–H and O–H groups in total. The summed E-state index contributed by atoms with van der Waals surface area (Å²) in [6, 6.07) is 13.6.